The van der Waals surface area contributed by atoms with Gasteiger partial charge in [0.25, 0.3) is 0 Å². The molecular formula is C19H30IN5O. The van der Waals surface area contributed by atoms with Crippen molar-refractivity contribution in [3.63, 3.8) is 0 Å². The summed E-state index contributed by atoms with van der Waals surface area (Å²) in [6, 6.07) is 10.3. The lowest BCUT2D eigenvalue weighted by molar-refractivity contribution is 0.309. The molecule has 0 radical (unpaired) electrons. The van der Waals surface area contributed by atoms with Crippen LogP contribution >= 0.6 is 24.0 Å². The fourth-order valence-electron chi connectivity index (χ4n) is 2.38. The van der Waals surface area contributed by atoms with Crippen LogP contribution in [0, 0.1) is 0 Å². The first-order chi connectivity index (χ1) is 12.2. The number of guanidine groups is 1. The summed E-state index contributed by atoms with van der Waals surface area (Å²) in [7, 11) is 3.71. The SMILES string of the molecule is CCCCOc1ccc(CCNC(=NC)NCc2ccnn2C)cc1.I. The van der Waals surface area contributed by atoms with Gasteiger partial charge in [-0.1, -0.05) is 25.5 Å². The van der Waals surface area contributed by atoms with E-state index in [9.17, 15) is 0 Å². The van der Waals surface area contributed by atoms with Crippen LogP contribution in [0.15, 0.2) is 41.5 Å². The number of aromatic nitrogens is 2. The highest BCUT2D eigenvalue weighted by atomic mass is 127. The molecule has 0 atom stereocenters. The summed E-state index contributed by atoms with van der Waals surface area (Å²) < 4.78 is 7.54. The molecular weight excluding hydrogens is 441 g/mol. The first kappa shape index (κ1) is 22.3. The number of aliphatic imine (C=N–C) groups is 1. The molecule has 144 valence electrons. The van der Waals surface area contributed by atoms with E-state index in [1.54, 1.807) is 13.2 Å². The lowest BCUT2D eigenvalue weighted by Gasteiger charge is -2.12. The Morgan fingerprint density at radius 2 is 1.96 bits per heavy atom. The molecule has 0 saturated carbocycles. The molecule has 26 heavy (non-hydrogen) atoms. The smallest absolute Gasteiger partial charge is 0.191 e. The van der Waals surface area contributed by atoms with Gasteiger partial charge >= 0.3 is 0 Å². The van der Waals surface area contributed by atoms with Gasteiger partial charge < -0.3 is 15.4 Å². The number of ether oxygens (including phenoxy) is 1. The lowest BCUT2D eigenvalue weighted by atomic mass is 10.1. The van der Waals surface area contributed by atoms with Gasteiger partial charge in [0.05, 0.1) is 18.8 Å². The van der Waals surface area contributed by atoms with Gasteiger partial charge in [-0.15, -0.1) is 24.0 Å². The van der Waals surface area contributed by atoms with Crippen LogP contribution in [0.25, 0.3) is 0 Å². The zero-order valence-electron chi connectivity index (χ0n) is 15.9. The Morgan fingerprint density at radius 1 is 1.19 bits per heavy atom. The van der Waals surface area contributed by atoms with Crippen LogP contribution in [-0.2, 0) is 20.0 Å². The van der Waals surface area contributed by atoms with Gasteiger partial charge in [-0.2, -0.15) is 5.10 Å². The van der Waals surface area contributed by atoms with Crippen molar-refractivity contribution in [2.45, 2.75) is 32.7 Å². The molecule has 1 aromatic heterocycles. The summed E-state index contributed by atoms with van der Waals surface area (Å²) >= 11 is 0. The zero-order chi connectivity index (χ0) is 17.9. The van der Waals surface area contributed by atoms with Gasteiger partial charge in [0.15, 0.2) is 5.96 Å². The van der Waals surface area contributed by atoms with E-state index in [1.807, 2.05) is 29.9 Å². The third-order valence-corrected chi connectivity index (χ3v) is 3.98. The van der Waals surface area contributed by atoms with Crippen molar-refractivity contribution in [1.29, 1.82) is 0 Å². The van der Waals surface area contributed by atoms with Crippen LogP contribution in [0.3, 0.4) is 0 Å². The van der Waals surface area contributed by atoms with E-state index >= 15 is 0 Å². The minimum absolute atomic E-state index is 0. The van der Waals surface area contributed by atoms with Gasteiger partial charge in [-0.3, -0.25) is 9.67 Å². The topological polar surface area (TPSA) is 63.5 Å². The molecule has 2 N–H and O–H groups in total. The molecule has 2 rings (SSSR count). The average Bonchev–Trinajstić information content (AvgIpc) is 3.04. The van der Waals surface area contributed by atoms with E-state index in [1.165, 1.54) is 5.56 Å². The minimum Gasteiger partial charge on any atom is -0.494 e. The molecule has 7 heteroatoms. The molecule has 0 aliphatic carbocycles. The van der Waals surface area contributed by atoms with Crippen molar-refractivity contribution in [3.8, 4) is 5.75 Å². The summed E-state index contributed by atoms with van der Waals surface area (Å²) in [5.74, 6) is 1.74. The number of hydrogen-bond acceptors (Lipinski definition) is 3. The third kappa shape index (κ3) is 7.63. The predicted octanol–water partition coefficient (Wildman–Crippen LogP) is 3.12. The summed E-state index contributed by atoms with van der Waals surface area (Å²) in [6.07, 6.45) is 4.97. The first-order valence-electron chi connectivity index (χ1n) is 8.86. The molecule has 1 heterocycles. The Labute approximate surface area is 173 Å². The number of benzene rings is 1. The highest BCUT2D eigenvalue weighted by molar-refractivity contribution is 14.0. The zero-order valence-corrected chi connectivity index (χ0v) is 18.2. The minimum atomic E-state index is 0. The Balaban J connectivity index is 0.00000338. The van der Waals surface area contributed by atoms with E-state index in [0.29, 0.717) is 6.54 Å². The van der Waals surface area contributed by atoms with Crippen molar-refractivity contribution in [1.82, 2.24) is 20.4 Å². The van der Waals surface area contributed by atoms with Crippen LogP contribution in [0.1, 0.15) is 31.0 Å². The first-order valence-corrected chi connectivity index (χ1v) is 8.86. The van der Waals surface area contributed by atoms with Gasteiger partial charge in [-0.05, 0) is 36.6 Å². The average molecular weight is 471 g/mol. The monoisotopic (exact) mass is 471 g/mol. The second kappa shape index (κ2) is 12.6. The molecule has 0 amide bonds. The molecule has 2 aromatic rings. The highest BCUT2D eigenvalue weighted by Gasteiger charge is 2.02. The number of hydrogen-bond donors (Lipinski definition) is 2. The molecule has 6 nitrogen and oxygen atoms in total. The fraction of sp³-hybridized carbons (Fsp3) is 0.474. The Hall–Kier alpha value is -1.77. The lowest BCUT2D eigenvalue weighted by Crippen LogP contribution is -2.38. The highest BCUT2D eigenvalue weighted by Crippen LogP contribution is 2.12. The van der Waals surface area contributed by atoms with Crippen LogP contribution in [-0.4, -0.2) is 35.9 Å². The quantitative estimate of drug-likeness (QED) is 0.255. The van der Waals surface area contributed by atoms with E-state index in [4.69, 9.17) is 4.74 Å². The summed E-state index contributed by atoms with van der Waals surface area (Å²) in [5.41, 5.74) is 2.39. The van der Waals surface area contributed by atoms with Crippen LogP contribution in [0.5, 0.6) is 5.75 Å². The maximum atomic E-state index is 5.69. The largest absolute Gasteiger partial charge is 0.494 e. The maximum absolute atomic E-state index is 5.69. The molecule has 0 spiro atoms. The Bertz CT molecular complexity index is 654. The molecule has 1 aromatic carbocycles. The number of unbranched alkanes of at least 4 members (excludes halogenated alkanes) is 1. The van der Waals surface area contributed by atoms with Crippen LogP contribution in [0.2, 0.25) is 0 Å². The summed E-state index contributed by atoms with van der Waals surface area (Å²) in [4.78, 5) is 4.25. The molecule has 0 fully saturated rings. The predicted molar refractivity (Wildman–Crippen MR) is 117 cm³/mol. The van der Waals surface area contributed by atoms with E-state index in [0.717, 1.165) is 49.8 Å². The number of nitrogens with zero attached hydrogens (tertiary/aromatic N) is 3. The Morgan fingerprint density at radius 3 is 2.58 bits per heavy atom. The van der Waals surface area contributed by atoms with Gasteiger partial charge in [-0.25, -0.2) is 0 Å². The van der Waals surface area contributed by atoms with Gasteiger partial charge in [0, 0.05) is 26.8 Å². The van der Waals surface area contributed by atoms with Crippen LogP contribution < -0.4 is 15.4 Å². The van der Waals surface area contributed by atoms with Gasteiger partial charge in [0.1, 0.15) is 5.75 Å². The van der Waals surface area contributed by atoms with E-state index < -0.39 is 0 Å². The summed E-state index contributed by atoms with van der Waals surface area (Å²) in [5, 5.41) is 10.8. The normalized spacial score (nSPS) is 11.0. The summed E-state index contributed by atoms with van der Waals surface area (Å²) in [6.45, 7) is 4.47. The molecule has 0 bridgehead atoms. The van der Waals surface area contributed by atoms with Crippen molar-refractivity contribution in [2.24, 2.45) is 12.0 Å². The standard InChI is InChI=1S/C19H29N5O.HI/c1-4-5-14-25-18-8-6-16(7-9-18)10-12-21-19(20-2)22-15-17-11-13-23-24(17)3;/h6-9,11,13H,4-5,10,12,14-15H2,1-3H3,(H2,20,21,22);1H. The van der Waals surface area contributed by atoms with Crippen molar-refractivity contribution < 1.29 is 4.74 Å². The van der Waals surface area contributed by atoms with Gasteiger partial charge in [0.2, 0.25) is 0 Å². The molecule has 0 unspecified atom stereocenters. The number of nitrogens with one attached hydrogen (secondary N) is 2. The second-order valence-corrected chi connectivity index (χ2v) is 5.89. The van der Waals surface area contributed by atoms with Crippen molar-refractivity contribution in [3.05, 3.63) is 47.8 Å². The molecule has 0 aliphatic heterocycles. The van der Waals surface area contributed by atoms with Crippen molar-refractivity contribution in [2.75, 3.05) is 20.2 Å². The molecule has 0 aliphatic rings. The second-order valence-electron chi connectivity index (χ2n) is 5.89. The fourth-order valence-corrected chi connectivity index (χ4v) is 2.38. The van der Waals surface area contributed by atoms with E-state index in [-0.39, 0.29) is 24.0 Å². The van der Waals surface area contributed by atoms with Crippen LogP contribution in [0.4, 0.5) is 0 Å². The number of rotatable bonds is 9. The Kier molecular flexibility index (Phi) is 10.8. The number of halogens is 1. The molecule has 0 saturated heterocycles. The maximum Gasteiger partial charge on any atom is 0.191 e. The van der Waals surface area contributed by atoms with Crippen molar-refractivity contribution >= 4 is 29.9 Å². The third-order valence-electron chi connectivity index (χ3n) is 3.98. The van der Waals surface area contributed by atoms with E-state index in [2.05, 4.69) is 39.8 Å². The number of aryl methyl sites for hydroxylation is 1.